The summed E-state index contributed by atoms with van der Waals surface area (Å²) >= 11 is 7.70. The fourth-order valence-electron chi connectivity index (χ4n) is 1.25. The van der Waals surface area contributed by atoms with Gasteiger partial charge in [-0.15, -0.1) is 22.9 Å². The van der Waals surface area contributed by atoms with Crippen molar-refractivity contribution < 1.29 is 0 Å². The van der Waals surface area contributed by atoms with Crippen LogP contribution in [0.5, 0.6) is 0 Å². The third-order valence-corrected chi connectivity index (χ3v) is 3.25. The second-order valence-corrected chi connectivity index (χ2v) is 4.52. The highest BCUT2D eigenvalue weighted by Crippen LogP contribution is 2.15. The molecule has 2 aromatic heterocycles. The molecule has 0 radical (unpaired) electrons. The van der Waals surface area contributed by atoms with Gasteiger partial charge in [0.05, 0.1) is 5.69 Å². The van der Waals surface area contributed by atoms with Crippen molar-refractivity contribution in [2.24, 2.45) is 0 Å². The lowest BCUT2D eigenvalue weighted by molar-refractivity contribution is 0.791. The molecule has 0 aliphatic heterocycles. The Kier molecular flexibility index (Phi) is 2.56. The molecule has 1 unspecified atom stereocenters. The Morgan fingerprint density at radius 3 is 3.23 bits per heavy atom. The van der Waals surface area contributed by atoms with Crippen molar-refractivity contribution in [3.63, 3.8) is 0 Å². The van der Waals surface area contributed by atoms with E-state index in [4.69, 9.17) is 11.6 Å². The Bertz CT molecular complexity index is 364. The fraction of sp³-hybridized carbons (Fsp3) is 0.444. The van der Waals surface area contributed by atoms with Gasteiger partial charge in [-0.25, -0.2) is 4.98 Å². The fourth-order valence-corrected chi connectivity index (χ4v) is 2.12. The van der Waals surface area contributed by atoms with Crippen LogP contribution in [0.4, 0.5) is 0 Å². The van der Waals surface area contributed by atoms with Crippen LogP contribution in [0, 0.1) is 0 Å². The van der Waals surface area contributed by atoms with E-state index in [0.717, 1.165) is 23.5 Å². The van der Waals surface area contributed by atoms with Crippen LogP contribution in [0.1, 0.15) is 19.0 Å². The minimum absolute atomic E-state index is 0.213. The number of halogens is 1. The lowest BCUT2D eigenvalue weighted by atomic mass is 10.2. The summed E-state index contributed by atoms with van der Waals surface area (Å²) in [5.41, 5.74) is 1.09. The van der Waals surface area contributed by atoms with Crippen LogP contribution in [0.15, 0.2) is 17.8 Å². The third-order valence-electron chi connectivity index (χ3n) is 2.02. The molecular formula is C9H11ClN2S. The maximum Gasteiger partial charge on any atom is 0.193 e. The van der Waals surface area contributed by atoms with Gasteiger partial charge in [0, 0.05) is 29.6 Å². The molecule has 13 heavy (non-hydrogen) atoms. The number of thiazole rings is 1. The molecule has 0 spiro atoms. The second-order valence-electron chi connectivity index (χ2n) is 3.03. The third kappa shape index (κ3) is 1.86. The Labute approximate surface area is 86.2 Å². The van der Waals surface area contributed by atoms with Gasteiger partial charge in [0.25, 0.3) is 0 Å². The number of hydrogen-bond acceptors (Lipinski definition) is 2. The summed E-state index contributed by atoms with van der Waals surface area (Å²) in [6, 6.07) is 0. The molecule has 0 amide bonds. The molecule has 2 nitrogen and oxygen atoms in total. The zero-order valence-electron chi connectivity index (χ0n) is 7.40. The number of aromatic nitrogens is 2. The molecule has 0 saturated heterocycles. The highest BCUT2D eigenvalue weighted by Gasteiger charge is 2.07. The number of imidazole rings is 1. The average molecular weight is 215 g/mol. The minimum atomic E-state index is 0.213. The molecule has 0 aromatic carbocycles. The number of nitrogens with zero attached hydrogens (tertiary/aromatic N) is 2. The van der Waals surface area contributed by atoms with Gasteiger partial charge in [0.15, 0.2) is 4.96 Å². The normalized spacial score (nSPS) is 13.7. The summed E-state index contributed by atoms with van der Waals surface area (Å²) < 4.78 is 2.04. The SMILES string of the molecule is CCC(Cl)Cc1cn2ccsc2n1. The molecule has 4 heteroatoms. The summed E-state index contributed by atoms with van der Waals surface area (Å²) in [5.74, 6) is 0. The molecule has 0 bridgehead atoms. The molecule has 0 N–H and O–H groups in total. The quantitative estimate of drug-likeness (QED) is 0.719. The minimum Gasteiger partial charge on any atom is -0.297 e. The first kappa shape index (κ1) is 9.03. The lowest BCUT2D eigenvalue weighted by Gasteiger charge is -2.01. The van der Waals surface area contributed by atoms with E-state index in [-0.39, 0.29) is 5.38 Å². The predicted molar refractivity (Wildman–Crippen MR) is 56.7 cm³/mol. The van der Waals surface area contributed by atoms with Crippen LogP contribution in [0.2, 0.25) is 0 Å². The van der Waals surface area contributed by atoms with Gasteiger partial charge >= 0.3 is 0 Å². The van der Waals surface area contributed by atoms with Crippen molar-refractivity contribution in [1.29, 1.82) is 0 Å². The number of hydrogen-bond donors (Lipinski definition) is 0. The van der Waals surface area contributed by atoms with Crippen LogP contribution < -0.4 is 0 Å². The molecule has 1 atom stereocenters. The van der Waals surface area contributed by atoms with Gasteiger partial charge in [-0.05, 0) is 6.42 Å². The number of rotatable bonds is 3. The molecule has 0 aliphatic carbocycles. The van der Waals surface area contributed by atoms with Crippen LogP contribution in [-0.4, -0.2) is 14.8 Å². The molecule has 2 rings (SSSR count). The van der Waals surface area contributed by atoms with Crippen LogP contribution in [-0.2, 0) is 6.42 Å². The number of fused-ring (bicyclic) bond motifs is 1. The van der Waals surface area contributed by atoms with Crippen molar-refractivity contribution in [1.82, 2.24) is 9.38 Å². The smallest absolute Gasteiger partial charge is 0.193 e. The monoisotopic (exact) mass is 214 g/mol. The van der Waals surface area contributed by atoms with Gasteiger partial charge in [-0.2, -0.15) is 0 Å². The van der Waals surface area contributed by atoms with E-state index >= 15 is 0 Å². The zero-order chi connectivity index (χ0) is 9.26. The van der Waals surface area contributed by atoms with E-state index in [1.165, 1.54) is 0 Å². The van der Waals surface area contributed by atoms with Crippen molar-refractivity contribution in [2.45, 2.75) is 25.1 Å². The molecule has 2 aromatic rings. The average Bonchev–Trinajstić information content (AvgIpc) is 2.63. The lowest BCUT2D eigenvalue weighted by Crippen LogP contribution is -2.00. The maximum atomic E-state index is 6.05. The van der Waals surface area contributed by atoms with E-state index in [0.29, 0.717) is 0 Å². The van der Waals surface area contributed by atoms with Gasteiger partial charge in [0.1, 0.15) is 0 Å². The Morgan fingerprint density at radius 1 is 1.69 bits per heavy atom. The first-order valence-electron chi connectivity index (χ1n) is 4.34. The summed E-state index contributed by atoms with van der Waals surface area (Å²) in [6.45, 7) is 2.09. The number of alkyl halides is 1. The largest absolute Gasteiger partial charge is 0.297 e. The van der Waals surface area contributed by atoms with Gasteiger partial charge < -0.3 is 0 Å². The molecule has 2 heterocycles. The second kappa shape index (κ2) is 3.68. The van der Waals surface area contributed by atoms with Crippen molar-refractivity contribution >= 4 is 27.9 Å². The van der Waals surface area contributed by atoms with Crippen molar-refractivity contribution in [3.05, 3.63) is 23.5 Å². The summed E-state index contributed by atoms with van der Waals surface area (Å²) in [5, 5.41) is 2.24. The van der Waals surface area contributed by atoms with Gasteiger partial charge in [0.2, 0.25) is 0 Å². The standard InChI is InChI=1S/C9H11ClN2S/c1-2-7(10)5-8-6-12-3-4-13-9(12)11-8/h3-4,6-7H,2,5H2,1H3. The van der Waals surface area contributed by atoms with E-state index in [1.54, 1.807) is 11.3 Å². The molecule has 0 fully saturated rings. The summed E-state index contributed by atoms with van der Waals surface area (Å²) in [6.07, 6.45) is 5.93. The van der Waals surface area contributed by atoms with Crippen LogP contribution in [0.3, 0.4) is 0 Å². The Morgan fingerprint density at radius 2 is 2.54 bits per heavy atom. The first-order valence-corrected chi connectivity index (χ1v) is 5.66. The Hall–Kier alpha value is -0.540. The van der Waals surface area contributed by atoms with Crippen LogP contribution in [0.25, 0.3) is 4.96 Å². The van der Waals surface area contributed by atoms with E-state index in [1.807, 2.05) is 16.0 Å². The maximum absolute atomic E-state index is 6.05. The Balaban J connectivity index is 2.20. The molecular weight excluding hydrogens is 204 g/mol. The first-order chi connectivity index (χ1) is 6.29. The van der Waals surface area contributed by atoms with Crippen molar-refractivity contribution in [3.8, 4) is 0 Å². The summed E-state index contributed by atoms with van der Waals surface area (Å²) in [7, 11) is 0. The summed E-state index contributed by atoms with van der Waals surface area (Å²) in [4.78, 5) is 5.51. The molecule has 0 aliphatic rings. The van der Waals surface area contributed by atoms with Gasteiger partial charge in [-0.1, -0.05) is 6.92 Å². The van der Waals surface area contributed by atoms with Crippen molar-refractivity contribution in [2.75, 3.05) is 0 Å². The van der Waals surface area contributed by atoms with Crippen LogP contribution >= 0.6 is 22.9 Å². The highest BCUT2D eigenvalue weighted by molar-refractivity contribution is 7.15. The molecule has 0 saturated carbocycles. The van der Waals surface area contributed by atoms with E-state index < -0.39 is 0 Å². The van der Waals surface area contributed by atoms with Gasteiger partial charge in [-0.3, -0.25) is 4.40 Å². The molecule has 70 valence electrons. The highest BCUT2D eigenvalue weighted by atomic mass is 35.5. The predicted octanol–water partition coefficient (Wildman–Crippen LogP) is 2.96. The topological polar surface area (TPSA) is 17.3 Å². The zero-order valence-corrected chi connectivity index (χ0v) is 8.98. The van der Waals surface area contributed by atoms with E-state index in [9.17, 15) is 0 Å². The van der Waals surface area contributed by atoms with E-state index in [2.05, 4.69) is 18.1 Å².